The van der Waals surface area contributed by atoms with E-state index in [1.807, 2.05) is 0 Å². The predicted molar refractivity (Wildman–Crippen MR) is 175 cm³/mol. The summed E-state index contributed by atoms with van der Waals surface area (Å²) in [5.41, 5.74) is -9.46. The van der Waals surface area contributed by atoms with Gasteiger partial charge >= 0.3 is 30.9 Å². The minimum atomic E-state index is -5.47. The van der Waals surface area contributed by atoms with Crippen molar-refractivity contribution in [1.82, 2.24) is 10.2 Å². The molecule has 0 aromatic heterocycles. The second kappa shape index (κ2) is 16.2. The molecule has 0 spiro atoms. The van der Waals surface area contributed by atoms with Gasteiger partial charge in [0.15, 0.2) is 0 Å². The number of carbonyl (C=O) groups is 3. The number of rotatable bonds is 11. The molecule has 1 heterocycles. The SMILES string of the molecule is O=C(NC(Cc1ccc(C(=O)N2CCC(C(=O)O)CC2)cc1)(c1cc(F)cc(OC(F)(F)C(F)F)c1)c1ccc(F)c(C(F)(F)F)c1)c1ccc(F)c(C(F)(F)F)c1. The third-order valence-electron chi connectivity index (χ3n) is 9.30. The number of ether oxygens (including phenoxy) is 1. The second-order valence-corrected chi connectivity index (χ2v) is 13.2. The first kappa shape index (κ1) is 43.3. The fourth-order valence-electron chi connectivity index (χ4n) is 6.37. The zero-order valence-electron chi connectivity index (χ0n) is 29.1. The third kappa shape index (κ3) is 9.47. The van der Waals surface area contributed by atoms with E-state index in [4.69, 9.17) is 0 Å². The highest BCUT2D eigenvalue weighted by Gasteiger charge is 2.46. The quantitative estimate of drug-likeness (QED) is 0.147. The van der Waals surface area contributed by atoms with Gasteiger partial charge in [0.1, 0.15) is 23.2 Å². The van der Waals surface area contributed by atoms with Crippen molar-refractivity contribution in [2.45, 2.75) is 49.7 Å². The number of carbonyl (C=O) groups excluding carboxylic acids is 2. The largest absolute Gasteiger partial charge is 0.481 e. The van der Waals surface area contributed by atoms with Crippen molar-refractivity contribution in [2.75, 3.05) is 13.1 Å². The monoisotopic (exact) mass is 838 g/mol. The Kier molecular flexibility index (Phi) is 12.1. The molecule has 0 bridgehead atoms. The molecule has 2 amide bonds. The molecule has 4 aromatic carbocycles. The zero-order valence-corrected chi connectivity index (χ0v) is 29.1. The maximum absolute atomic E-state index is 15.3. The number of piperidine rings is 1. The normalized spacial score (nSPS) is 15.2. The molecule has 1 fully saturated rings. The Morgan fingerprint density at radius 1 is 0.724 bits per heavy atom. The Balaban J connectivity index is 1.71. The van der Waals surface area contributed by atoms with Crippen molar-refractivity contribution in [2.24, 2.45) is 5.92 Å². The summed E-state index contributed by atoms with van der Waals surface area (Å²) in [7, 11) is 0. The summed E-state index contributed by atoms with van der Waals surface area (Å²) in [6.07, 6.45) is -21.3. The van der Waals surface area contributed by atoms with Crippen LogP contribution in [0.15, 0.2) is 78.9 Å². The number of alkyl halides is 10. The number of aliphatic carboxylic acids is 1. The molecule has 5 rings (SSSR count). The number of halogens is 13. The number of likely N-dealkylation sites (tertiary alicyclic amines) is 1. The van der Waals surface area contributed by atoms with Gasteiger partial charge in [0.25, 0.3) is 11.8 Å². The number of hydrogen-bond acceptors (Lipinski definition) is 4. The van der Waals surface area contributed by atoms with Crippen LogP contribution in [-0.4, -0.2) is 53.4 Å². The van der Waals surface area contributed by atoms with E-state index in [0.29, 0.717) is 24.3 Å². The molecule has 1 unspecified atom stereocenters. The molecular weight excluding hydrogens is 811 g/mol. The first-order chi connectivity index (χ1) is 26.9. The summed E-state index contributed by atoms with van der Waals surface area (Å²) in [5, 5.41) is 11.4. The molecule has 4 aromatic rings. The van der Waals surface area contributed by atoms with Gasteiger partial charge in [-0.15, -0.1) is 0 Å². The van der Waals surface area contributed by atoms with Gasteiger partial charge in [-0.25, -0.2) is 13.2 Å². The fraction of sp³-hybridized carbons (Fsp3) is 0.289. The van der Waals surface area contributed by atoms with Crippen molar-refractivity contribution < 1.29 is 81.3 Å². The maximum Gasteiger partial charge on any atom is 0.461 e. The number of carboxylic acids is 1. The van der Waals surface area contributed by atoms with Crippen LogP contribution in [0.2, 0.25) is 0 Å². The predicted octanol–water partition coefficient (Wildman–Crippen LogP) is 9.23. The minimum absolute atomic E-state index is 0.00466. The number of nitrogens with one attached hydrogen (secondary N) is 1. The molecule has 310 valence electrons. The Morgan fingerprint density at radius 2 is 1.28 bits per heavy atom. The number of nitrogens with zero attached hydrogens (tertiary/aromatic N) is 1. The zero-order chi connectivity index (χ0) is 43.0. The number of amides is 2. The lowest BCUT2D eigenvalue weighted by Gasteiger charge is -2.37. The lowest BCUT2D eigenvalue weighted by Crippen LogP contribution is -2.49. The molecule has 7 nitrogen and oxygen atoms in total. The molecule has 1 saturated heterocycles. The summed E-state index contributed by atoms with van der Waals surface area (Å²) in [6, 6.07) is 7.59. The molecule has 1 aliphatic rings. The van der Waals surface area contributed by atoms with E-state index in [2.05, 4.69) is 10.1 Å². The van der Waals surface area contributed by atoms with Crippen LogP contribution >= 0.6 is 0 Å². The molecule has 0 radical (unpaired) electrons. The Hall–Kier alpha value is -5.82. The van der Waals surface area contributed by atoms with Gasteiger partial charge in [-0.3, -0.25) is 14.4 Å². The Bertz CT molecular complexity index is 2180. The maximum atomic E-state index is 15.3. The van der Waals surface area contributed by atoms with Crippen molar-refractivity contribution in [3.05, 3.63) is 135 Å². The lowest BCUT2D eigenvalue weighted by atomic mass is 9.76. The van der Waals surface area contributed by atoms with E-state index >= 15 is 4.39 Å². The lowest BCUT2D eigenvalue weighted by molar-refractivity contribution is -0.253. The van der Waals surface area contributed by atoms with Gasteiger partial charge in [0.05, 0.1) is 22.6 Å². The van der Waals surface area contributed by atoms with Crippen molar-refractivity contribution in [1.29, 1.82) is 0 Å². The van der Waals surface area contributed by atoms with Gasteiger partial charge < -0.3 is 20.1 Å². The standard InChI is InChI=1S/C38H27F13N2O5/c39-25-14-24(15-26(17-25)58-38(50,51)34(42)43)35(23-6-8-30(41)28(16-23)37(47,48)49,52-31(54)22-5-7-29(40)27(13-22)36(44,45)46)18-19-1-3-20(4-2-19)32(55)53-11-9-21(10-12-53)33(56)57/h1-8,13-17,21,34H,9-12,18H2,(H,52,54)(H,56,57). The van der Waals surface area contributed by atoms with Crippen LogP contribution < -0.4 is 10.1 Å². The van der Waals surface area contributed by atoms with Gasteiger partial charge in [-0.2, -0.15) is 43.9 Å². The summed E-state index contributed by atoms with van der Waals surface area (Å²) >= 11 is 0. The number of benzene rings is 4. The molecule has 20 heteroatoms. The second-order valence-electron chi connectivity index (χ2n) is 13.2. The summed E-state index contributed by atoms with van der Waals surface area (Å²) < 4.78 is 186. The van der Waals surface area contributed by atoms with E-state index in [1.54, 1.807) is 0 Å². The molecule has 58 heavy (non-hydrogen) atoms. The van der Waals surface area contributed by atoms with Gasteiger partial charge in [0, 0.05) is 36.7 Å². The van der Waals surface area contributed by atoms with Crippen LogP contribution in [0.1, 0.15) is 61.4 Å². The molecule has 1 aliphatic heterocycles. The highest BCUT2D eigenvalue weighted by Crippen LogP contribution is 2.41. The van der Waals surface area contributed by atoms with Crippen molar-refractivity contribution in [3.8, 4) is 5.75 Å². The van der Waals surface area contributed by atoms with Crippen LogP contribution in [0.4, 0.5) is 57.1 Å². The van der Waals surface area contributed by atoms with Gasteiger partial charge in [-0.05, 0) is 84.1 Å². The molecular formula is C38H27F13N2O5. The van der Waals surface area contributed by atoms with E-state index in [-0.39, 0.29) is 67.4 Å². The molecule has 0 aliphatic carbocycles. The van der Waals surface area contributed by atoms with Crippen LogP contribution in [0.25, 0.3) is 0 Å². The van der Waals surface area contributed by atoms with E-state index < -0.39 is 112 Å². The summed E-state index contributed by atoms with van der Waals surface area (Å²) in [4.78, 5) is 39.8. The smallest absolute Gasteiger partial charge is 0.461 e. The van der Waals surface area contributed by atoms with E-state index in [0.717, 1.165) is 0 Å². The average Bonchev–Trinajstić information content (AvgIpc) is 3.13. The van der Waals surface area contributed by atoms with Crippen LogP contribution in [0.5, 0.6) is 5.75 Å². The van der Waals surface area contributed by atoms with E-state index in [9.17, 15) is 72.2 Å². The Labute approximate surface area is 319 Å². The van der Waals surface area contributed by atoms with Crippen LogP contribution in [0, 0.1) is 23.4 Å². The van der Waals surface area contributed by atoms with Crippen molar-refractivity contribution in [3.63, 3.8) is 0 Å². The molecule has 0 saturated carbocycles. The van der Waals surface area contributed by atoms with Gasteiger partial charge in [-0.1, -0.05) is 18.2 Å². The minimum Gasteiger partial charge on any atom is -0.481 e. The summed E-state index contributed by atoms with van der Waals surface area (Å²) in [5.74, 6) is -10.6. The summed E-state index contributed by atoms with van der Waals surface area (Å²) in [6.45, 7) is 0.125. The Morgan fingerprint density at radius 3 is 1.83 bits per heavy atom. The first-order valence-electron chi connectivity index (χ1n) is 16.7. The van der Waals surface area contributed by atoms with Crippen LogP contribution in [-0.2, 0) is 29.1 Å². The van der Waals surface area contributed by atoms with Crippen molar-refractivity contribution >= 4 is 17.8 Å². The topological polar surface area (TPSA) is 95.9 Å². The fourth-order valence-corrected chi connectivity index (χ4v) is 6.37. The average molecular weight is 839 g/mol. The van der Waals surface area contributed by atoms with Gasteiger partial charge in [0.2, 0.25) is 0 Å². The molecule has 2 N–H and O–H groups in total. The van der Waals surface area contributed by atoms with Crippen LogP contribution in [0.3, 0.4) is 0 Å². The number of hydrogen-bond donors (Lipinski definition) is 2. The van der Waals surface area contributed by atoms with E-state index in [1.165, 1.54) is 29.2 Å². The molecule has 1 atom stereocenters. The first-order valence-corrected chi connectivity index (χ1v) is 16.7. The number of carboxylic acid groups (broad SMARTS) is 1. The highest BCUT2D eigenvalue weighted by atomic mass is 19.4. The highest BCUT2D eigenvalue weighted by molar-refractivity contribution is 5.96. The third-order valence-corrected chi connectivity index (χ3v) is 9.30.